The summed E-state index contributed by atoms with van der Waals surface area (Å²) in [6.45, 7) is 7.18. The van der Waals surface area contributed by atoms with E-state index in [0.717, 1.165) is 12.1 Å². The number of amides is 1. The zero-order valence-electron chi connectivity index (χ0n) is 21.5. The number of ether oxygens (including phenoxy) is 2. The highest BCUT2D eigenvalue weighted by atomic mass is 19.4. The number of hydrogen-bond donors (Lipinski definition) is 2. The molecule has 0 aliphatic carbocycles. The monoisotopic (exact) mass is 536 g/mol. The molecule has 0 radical (unpaired) electrons. The van der Waals surface area contributed by atoms with Crippen molar-refractivity contribution in [3.63, 3.8) is 0 Å². The summed E-state index contributed by atoms with van der Waals surface area (Å²) in [5.74, 6) is -1.52. The number of hydrogen-bond acceptors (Lipinski definition) is 6. The van der Waals surface area contributed by atoms with Crippen molar-refractivity contribution < 1.29 is 31.8 Å². The third kappa shape index (κ3) is 5.31. The molecule has 8 nitrogen and oxygen atoms in total. The maximum atomic E-state index is 15.5. The highest BCUT2D eigenvalue weighted by molar-refractivity contribution is 5.97. The van der Waals surface area contributed by atoms with Crippen molar-refractivity contribution in [2.75, 3.05) is 25.5 Å². The van der Waals surface area contributed by atoms with Gasteiger partial charge < -0.3 is 24.7 Å². The molecule has 1 fully saturated rings. The number of benzene rings is 2. The van der Waals surface area contributed by atoms with E-state index in [-0.39, 0.29) is 51.5 Å². The molecule has 2 N–H and O–H groups in total. The molecule has 0 spiro atoms. The molecule has 2 aromatic carbocycles. The molecular weight excluding hydrogens is 508 g/mol. The maximum Gasteiger partial charge on any atom is 0.416 e. The summed E-state index contributed by atoms with van der Waals surface area (Å²) in [6, 6.07) is 3.48. The molecule has 3 aromatic rings. The molecule has 1 amide bonds. The number of alkyl halides is 3. The first-order chi connectivity index (χ1) is 17.8. The zero-order valence-corrected chi connectivity index (χ0v) is 21.5. The van der Waals surface area contributed by atoms with E-state index in [4.69, 9.17) is 9.47 Å². The zero-order chi connectivity index (χ0) is 27.9. The first kappa shape index (κ1) is 27.4. The Kier molecular flexibility index (Phi) is 7.37. The lowest BCUT2D eigenvalue weighted by Crippen LogP contribution is -2.48. The summed E-state index contributed by atoms with van der Waals surface area (Å²) in [6.07, 6.45) is -5.15. The summed E-state index contributed by atoms with van der Waals surface area (Å²) >= 11 is 0. The van der Waals surface area contributed by atoms with Gasteiger partial charge in [-0.2, -0.15) is 13.2 Å². The van der Waals surface area contributed by atoms with Crippen molar-refractivity contribution in [3.8, 4) is 5.75 Å². The molecule has 38 heavy (non-hydrogen) atoms. The second-order valence-corrected chi connectivity index (χ2v) is 9.45. The van der Waals surface area contributed by atoms with Crippen LogP contribution in [0.1, 0.15) is 54.1 Å². The number of nitrogens with one attached hydrogen (secondary N) is 2. The minimum atomic E-state index is -4.75. The summed E-state index contributed by atoms with van der Waals surface area (Å²) in [7, 11) is 1.21. The Labute approximate surface area is 216 Å². The van der Waals surface area contributed by atoms with Gasteiger partial charge in [0.1, 0.15) is 5.82 Å². The number of nitrogens with zero attached hydrogens (tertiary/aromatic N) is 2. The van der Waals surface area contributed by atoms with Crippen molar-refractivity contribution in [2.24, 2.45) is 0 Å². The van der Waals surface area contributed by atoms with E-state index in [9.17, 15) is 22.8 Å². The SMILES string of the molecule is COc1c(C(=O)N2C[C@@H](C)O[C@@H](C)C2)ccc(N[C@H](C)c2cc3c(=O)[nH]c(C)nc3cc2C(F)(F)F)c1F. The second kappa shape index (κ2) is 10.2. The van der Waals surface area contributed by atoms with Crippen LogP contribution in [0.3, 0.4) is 0 Å². The van der Waals surface area contributed by atoms with Crippen molar-refractivity contribution in [2.45, 2.75) is 52.1 Å². The molecule has 12 heteroatoms. The number of aromatic nitrogens is 2. The Morgan fingerprint density at radius 1 is 1.24 bits per heavy atom. The van der Waals surface area contributed by atoms with E-state index in [1.165, 1.54) is 33.1 Å². The van der Waals surface area contributed by atoms with Crippen LogP contribution in [0, 0.1) is 12.7 Å². The maximum absolute atomic E-state index is 15.5. The lowest BCUT2D eigenvalue weighted by molar-refractivity contribution is -0.138. The van der Waals surface area contributed by atoms with Crippen molar-refractivity contribution in [1.82, 2.24) is 14.9 Å². The van der Waals surface area contributed by atoms with Crippen LogP contribution < -0.4 is 15.6 Å². The Hall–Kier alpha value is -3.67. The fraction of sp³-hybridized carbons (Fsp3) is 0.423. The number of aryl methyl sites for hydroxylation is 1. The molecule has 204 valence electrons. The van der Waals surface area contributed by atoms with Crippen LogP contribution in [-0.2, 0) is 10.9 Å². The normalized spacial score (nSPS) is 18.9. The lowest BCUT2D eigenvalue weighted by Gasteiger charge is -2.35. The van der Waals surface area contributed by atoms with Gasteiger partial charge >= 0.3 is 6.18 Å². The first-order valence-electron chi connectivity index (χ1n) is 12.0. The number of carbonyl (C=O) groups excluding carboxylic acids is 1. The van der Waals surface area contributed by atoms with Gasteiger partial charge in [0.05, 0.1) is 47.0 Å². The summed E-state index contributed by atoms with van der Waals surface area (Å²) < 4.78 is 68.3. The molecule has 2 heterocycles. The Morgan fingerprint density at radius 3 is 2.50 bits per heavy atom. The molecule has 1 saturated heterocycles. The van der Waals surface area contributed by atoms with Gasteiger partial charge in [-0.1, -0.05) is 0 Å². The van der Waals surface area contributed by atoms with Gasteiger partial charge in [-0.25, -0.2) is 9.37 Å². The minimum Gasteiger partial charge on any atom is -0.493 e. The predicted molar refractivity (Wildman–Crippen MR) is 133 cm³/mol. The Balaban J connectivity index is 1.70. The predicted octanol–water partition coefficient (Wildman–Crippen LogP) is 4.82. The van der Waals surface area contributed by atoms with E-state index in [1.54, 1.807) is 4.90 Å². The number of anilines is 1. The fourth-order valence-corrected chi connectivity index (χ4v) is 4.78. The van der Waals surface area contributed by atoms with Crippen LogP contribution >= 0.6 is 0 Å². The molecular formula is C26H28F4N4O4. The van der Waals surface area contributed by atoms with Gasteiger partial charge in [-0.15, -0.1) is 0 Å². The molecule has 0 bridgehead atoms. The van der Waals surface area contributed by atoms with Crippen LogP contribution in [0.2, 0.25) is 0 Å². The van der Waals surface area contributed by atoms with Crippen LogP contribution in [0.4, 0.5) is 23.2 Å². The highest BCUT2D eigenvalue weighted by Crippen LogP contribution is 2.38. The Bertz CT molecular complexity index is 1430. The van der Waals surface area contributed by atoms with Gasteiger partial charge in [-0.3, -0.25) is 9.59 Å². The average molecular weight is 537 g/mol. The summed E-state index contributed by atoms with van der Waals surface area (Å²) in [5.41, 5.74) is -2.14. The van der Waals surface area contributed by atoms with E-state index < -0.39 is 35.1 Å². The third-order valence-corrected chi connectivity index (χ3v) is 6.38. The summed E-state index contributed by atoms with van der Waals surface area (Å²) in [4.78, 5) is 33.6. The van der Waals surface area contributed by atoms with E-state index >= 15 is 4.39 Å². The Morgan fingerprint density at radius 2 is 1.89 bits per heavy atom. The molecule has 0 unspecified atom stereocenters. The third-order valence-electron chi connectivity index (χ3n) is 6.38. The molecule has 1 aliphatic heterocycles. The smallest absolute Gasteiger partial charge is 0.416 e. The summed E-state index contributed by atoms with van der Waals surface area (Å²) in [5, 5.41) is 2.71. The number of rotatable bonds is 5. The van der Waals surface area contributed by atoms with Gasteiger partial charge in [0.2, 0.25) is 0 Å². The number of carbonyl (C=O) groups is 1. The minimum absolute atomic E-state index is 0.0147. The van der Waals surface area contributed by atoms with Crippen LogP contribution in [0.5, 0.6) is 5.75 Å². The topological polar surface area (TPSA) is 96.5 Å². The quantitative estimate of drug-likeness (QED) is 0.454. The standard InChI is InChI=1S/C26H28F4N4O4/c1-12-10-34(11-13(2)38-12)25(36)16-6-7-20(22(27)23(16)37-5)31-14(3)17-8-18-21(9-19(17)26(28,29)30)32-15(4)33-24(18)35/h6-9,12-14,31H,10-11H2,1-5H3,(H,32,33,35)/t12-,13+,14-/m1/s1. The number of fused-ring (bicyclic) bond motifs is 1. The second-order valence-electron chi connectivity index (χ2n) is 9.45. The fourth-order valence-electron chi connectivity index (χ4n) is 4.78. The molecule has 1 aliphatic rings. The van der Waals surface area contributed by atoms with Gasteiger partial charge in [0.15, 0.2) is 11.6 Å². The first-order valence-corrected chi connectivity index (χ1v) is 12.0. The van der Waals surface area contributed by atoms with Gasteiger partial charge in [0, 0.05) is 19.1 Å². The number of methoxy groups -OCH3 is 1. The van der Waals surface area contributed by atoms with Crippen molar-refractivity contribution in [3.05, 3.63) is 63.0 Å². The van der Waals surface area contributed by atoms with Crippen molar-refractivity contribution in [1.29, 1.82) is 0 Å². The van der Waals surface area contributed by atoms with E-state index in [0.29, 0.717) is 13.1 Å². The van der Waals surface area contributed by atoms with Crippen LogP contribution in [0.15, 0.2) is 29.1 Å². The number of aromatic amines is 1. The molecule has 4 rings (SSSR count). The average Bonchev–Trinajstić information content (AvgIpc) is 2.82. The van der Waals surface area contributed by atoms with Gasteiger partial charge in [0.25, 0.3) is 11.5 Å². The van der Waals surface area contributed by atoms with Gasteiger partial charge in [-0.05, 0) is 57.5 Å². The molecule has 3 atom stereocenters. The van der Waals surface area contributed by atoms with E-state index in [1.807, 2.05) is 13.8 Å². The molecule has 0 saturated carbocycles. The lowest BCUT2D eigenvalue weighted by atomic mass is 9.98. The number of H-pyrrole nitrogens is 1. The number of morpholine rings is 1. The van der Waals surface area contributed by atoms with Crippen LogP contribution in [-0.4, -0.2) is 53.2 Å². The largest absolute Gasteiger partial charge is 0.493 e. The van der Waals surface area contributed by atoms with Crippen molar-refractivity contribution >= 4 is 22.5 Å². The van der Waals surface area contributed by atoms with Crippen LogP contribution in [0.25, 0.3) is 10.9 Å². The number of halogens is 4. The highest BCUT2D eigenvalue weighted by Gasteiger charge is 2.36. The van der Waals surface area contributed by atoms with E-state index in [2.05, 4.69) is 15.3 Å². The molecule has 1 aromatic heterocycles.